The van der Waals surface area contributed by atoms with Crippen LogP contribution in [0.3, 0.4) is 0 Å². The summed E-state index contributed by atoms with van der Waals surface area (Å²) in [5.74, 6) is 0.686. The van der Waals surface area contributed by atoms with Gasteiger partial charge in [0, 0.05) is 6.54 Å². The lowest BCUT2D eigenvalue weighted by Crippen LogP contribution is -2.37. The van der Waals surface area contributed by atoms with Gasteiger partial charge in [-0.1, -0.05) is 48.5 Å². The zero-order valence-corrected chi connectivity index (χ0v) is 13.2. The molecule has 0 aliphatic carbocycles. The van der Waals surface area contributed by atoms with Crippen LogP contribution in [0.2, 0.25) is 0 Å². The molecular weight excluding hydrogens is 274 g/mol. The predicted octanol–water partition coefficient (Wildman–Crippen LogP) is 3.51. The molecule has 0 aliphatic rings. The highest BCUT2D eigenvalue weighted by Gasteiger charge is 2.14. The average molecular weight is 297 g/mol. The molecule has 22 heavy (non-hydrogen) atoms. The van der Waals surface area contributed by atoms with Crippen LogP contribution in [0.25, 0.3) is 0 Å². The Morgan fingerprint density at radius 3 is 2.50 bits per heavy atom. The second-order valence-corrected chi connectivity index (χ2v) is 5.41. The Balaban J connectivity index is 1.71. The number of benzene rings is 2. The van der Waals surface area contributed by atoms with Crippen molar-refractivity contribution in [2.24, 2.45) is 0 Å². The van der Waals surface area contributed by atoms with Crippen LogP contribution >= 0.6 is 0 Å². The van der Waals surface area contributed by atoms with Crippen molar-refractivity contribution in [1.29, 1.82) is 0 Å². The Bertz CT molecular complexity index is 595. The van der Waals surface area contributed by atoms with Gasteiger partial charge >= 0.3 is 0 Å². The molecule has 0 radical (unpaired) electrons. The fourth-order valence-electron chi connectivity index (χ4n) is 2.23. The lowest BCUT2D eigenvalue weighted by Gasteiger charge is -2.16. The standard InChI is InChI=1S/C19H23NO2/c1-15-9-6-7-13-18(15)22-16(2)19(21)20-14-8-12-17-10-4-3-5-11-17/h3-7,9-11,13,16H,8,12,14H2,1-2H3,(H,20,21). The molecule has 0 bridgehead atoms. The van der Waals surface area contributed by atoms with Crippen LogP contribution in [0.15, 0.2) is 54.6 Å². The van der Waals surface area contributed by atoms with Crippen LogP contribution < -0.4 is 10.1 Å². The first-order chi connectivity index (χ1) is 10.7. The summed E-state index contributed by atoms with van der Waals surface area (Å²) in [5.41, 5.74) is 2.33. The van der Waals surface area contributed by atoms with Crippen LogP contribution in [0.5, 0.6) is 5.75 Å². The largest absolute Gasteiger partial charge is 0.481 e. The van der Waals surface area contributed by atoms with Gasteiger partial charge in [-0.05, 0) is 43.9 Å². The maximum absolute atomic E-state index is 12.0. The van der Waals surface area contributed by atoms with E-state index in [1.807, 2.05) is 49.4 Å². The van der Waals surface area contributed by atoms with Crippen molar-refractivity contribution >= 4 is 5.91 Å². The summed E-state index contributed by atoms with van der Waals surface area (Å²) in [4.78, 5) is 12.0. The van der Waals surface area contributed by atoms with Gasteiger partial charge in [-0.2, -0.15) is 0 Å². The molecule has 0 spiro atoms. The summed E-state index contributed by atoms with van der Waals surface area (Å²) in [6.07, 6.45) is 1.40. The van der Waals surface area contributed by atoms with Crippen LogP contribution in [-0.2, 0) is 11.2 Å². The van der Waals surface area contributed by atoms with Gasteiger partial charge in [0.2, 0.25) is 0 Å². The molecule has 0 fully saturated rings. The summed E-state index contributed by atoms with van der Waals surface area (Å²) in [6.45, 7) is 4.41. The van der Waals surface area contributed by atoms with E-state index in [0.717, 1.165) is 24.2 Å². The Kier molecular flexibility index (Phi) is 6.01. The van der Waals surface area contributed by atoms with Crippen LogP contribution in [0.1, 0.15) is 24.5 Å². The van der Waals surface area contributed by atoms with E-state index in [4.69, 9.17) is 4.74 Å². The van der Waals surface area contributed by atoms with E-state index in [1.54, 1.807) is 6.92 Å². The number of hydrogen-bond donors (Lipinski definition) is 1. The lowest BCUT2D eigenvalue weighted by atomic mass is 10.1. The highest BCUT2D eigenvalue weighted by molar-refractivity contribution is 5.80. The van der Waals surface area contributed by atoms with Gasteiger partial charge in [-0.3, -0.25) is 4.79 Å². The van der Waals surface area contributed by atoms with Crippen molar-refractivity contribution < 1.29 is 9.53 Å². The number of para-hydroxylation sites is 1. The number of nitrogens with one attached hydrogen (secondary N) is 1. The molecule has 0 heterocycles. The molecule has 0 saturated heterocycles. The number of amides is 1. The molecule has 1 amide bonds. The molecule has 2 aromatic carbocycles. The normalized spacial score (nSPS) is 11.7. The Labute approximate surface area is 132 Å². The number of ether oxygens (including phenoxy) is 1. The molecule has 116 valence electrons. The molecule has 1 unspecified atom stereocenters. The fourth-order valence-corrected chi connectivity index (χ4v) is 2.23. The number of carbonyl (C=O) groups is 1. The van der Waals surface area contributed by atoms with Crippen molar-refractivity contribution in [3.63, 3.8) is 0 Å². The van der Waals surface area contributed by atoms with E-state index in [1.165, 1.54) is 5.56 Å². The van der Waals surface area contributed by atoms with Crippen molar-refractivity contribution in [2.75, 3.05) is 6.54 Å². The van der Waals surface area contributed by atoms with Gasteiger partial charge in [-0.25, -0.2) is 0 Å². The minimum Gasteiger partial charge on any atom is -0.481 e. The molecule has 1 N–H and O–H groups in total. The molecule has 3 nitrogen and oxygen atoms in total. The molecule has 0 saturated carbocycles. The Hall–Kier alpha value is -2.29. The number of rotatable bonds is 7. The van der Waals surface area contributed by atoms with Crippen LogP contribution in [-0.4, -0.2) is 18.6 Å². The molecule has 2 rings (SSSR count). The molecule has 2 aromatic rings. The summed E-state index contributed by atoms with van der Waals surface area (Å²) in [6, 6.07) is 18.0. The van der Waals surface area contributed by atoms with E-state index >= 15 is 0 Å². The molecule has 1 atom stereocenters. The van der Waals surface area contributed by atoms with Crippen LogP contribution in [0, 0.1) is 6.92 Å². The van der Waals surface area contributed by atoms with Gasteiger partial charge in [0.1, 0.15) is 5.75 Å². The quantitative estimate of drug-likeness (QED) is 0.794. The third-order valence-corrected chi connectivity index (χ3v) is 3.55. The average Bonchev–Trinajstić information content (AvgIpc) is 2.54. The second kappa shape index (κ2) is 8.23. The Morgan fingerprint density at radius 1 is 1.09 bits per heavy atom. The monoisotopic (exact) mass is 297 g/mol. The maximum Gasteiger partial charge on any atom is 0.260 e. The Morgan fingerprint density at radius 2 is 1.77 bits per heavy atom. The molecular formula is C19H23NO2. The predicted molar refractivity (Wildman–Crippen MR) is 89.0 cm³/mol. The zero-order chi connectivity index (χ0) is 15.8. The van der Waals surface area contributed by atoms with E-state index in [2.05, 4.69) is 17.4 Å². The summed E-state index contributed by atoms with van der Waals surface area (Å²) in [7, 11) is 0. The first-order valence-corrected chi connectivity index (χ1v) is 7.71. The number of aryl methyl sites for hydroxylation is 2. The third-order valence-electron chi connectivity index (χ3n) is 3.55. The topological polar surface area (TPSA) is 38.3 Å². The minimum atomic E-state index is -0.488. The molecule has 3 heteroatoms. The van der Waals surface area contributed by atoms with E-state index in [0.29, 0.717) is 6.54 Å². The van der Waals surface area contributed by atoms with E-state index in [-0.39, 0.29) is 5.91 Å². The third kappa shape index (κ3) is 4.92. The summed E-state index contributed by atoms with van der Waals surface area (Å²) in [5, 5.41) is 2.93. The maximum atomic E-state index is 12.0. The number of hydrogen-bond acceptors (Lipinski definition) is 2. The van der Waals surface area contributed by atoms with Crippen molar-refractivity contribution in [3.05, 3.63) is 65.7 Å². The SMILES string of the molecule is Cc1ccccc1OC(C)C(=O)NCCCc1ccccc1. The highest BCUT2D eigenvalue weighted by Crippen LogP contribution is 2.17. The first-order valence-electron chi connectivity index (χ1n) is 7.71. The van der Waals surface area contributed by atoms with Gasteiger partial charge in [0.15, 0.2) is 6.10 Å². The van der Waals surface area contributed by atoms with Crippen molar-refractivity contribution in [1.82, 2.24) is 5.32 Å². The second-order valence-electron chi connectivity index (χ2n) is 5.41. The highest BCUT2D eigenvalue weighted by atomic mass is 16.5. The molecule has 0 aliphatic heterocycles. The minimum absolute atomic E-state index is 0.0729. The smallest absolute Gasteiger partial charge is 0.260 e. The lowest BCUT2D eigenvalue weighted by molar-refractivity contribution is -0.127. The summed E-state index contributed by atoms with van der Waals surface area (Å²) >= 11 is 0. The van der Waals surface area contributed by atoms with Gasteiger partial charge in [0.05, 0.1) is 0 Å². The van der Waals surface area contributed by atoms with Gasteiger partial charge in [0.25, 0.3) is 5.91 Å². The van der Waals surface area contributed by atoms with Crippen molar-refractivity contribution in [3.8, 4) is 5.75 Å². The van der Waals surface area contributed by atoms with E-state index < -0.39 is 6.10 Å². The number of carbonyl (C=O) groups excluding carboxylic acids is 1. The van der Waals surface area contributed by atoms with Gasteiger partial charge in [-0.15, -0.1) is 0 Å². The van der Waals surface area contributed by atoms with Crippen molar-refractivity contribution in [2.45, 2.75) is 32.8 Å². The van der Waals surface area contributed by atoms with Crippen LogP contribution in [0.4, 0.5) is 0 Å². The van der Waals surface area contributed by atoms with E-state index in [9.17, 15) is 4.79 Å². The zero-order valence-electron chi connectivity index (χ0n) is 13.2. The summed E-state index contributed by atoms with van der Waals surface area (Å²) < 4.78 is 5.71. The fraction of sp³-hybridized carbons (Fsp3) is 0.316. The van der Waals surface area contributed by atoms with Gasteiger partial charge < -0.3 is 10.1 Å². The molecule has 0 aromatic heterocycles. The first kappa shape index (κ1) is 16.1.